The highest BCUT2D eigenvalue weighted by Crippen LogP contribution is 2.35. The van der Waals surface area contributed by atoms with Crippen molar-refractivity contribution in [3.8, 4) is 0 Å². The monoisotopic (exact) mass is 540 g/mol. The van der Waals surface area contributed by atoms with Crippen LogP contribution in [-0.2, 0) is 9.84 Å². The van der Waals surface area contributed by atoms with Crippen LogP contribution in [0.1, 0.15) is 30.9 Å². The van der Waals surface area contributed by atoms with Crippen molar-refractivity contribution in [2.45, 2.75) is 31.3 Å². The number of nitrogens with zero attached hydrogens (tertiary/aromatic N) is 2. The van der Waals surface area contributed by atoms with E-state index in [-0.39, 0.29) is 41.5 Å². The molecule has 2 saturated heterocycles. The normalized spacial score (nSPS) is 27.8. The third-order valence-corrected chi connectivity index (χ3v) is 7.53. The number of hydrogen-bond donors (Lipinski definition) is 2. The van der Waals surface area contributed by atoms with Crippen LogP contribution < -0.4 is 10.6 Å². The van der Waals surface area contributed by atoms with Crippen molar-refractivity contribution in [1.29, 1.82) is 0 Å². The Bertz CT molecular complexity index is 790. The number of hydrogen-bond acceptors (Lipinski definition) is 4. The van der Waals surface area contributed by atoms with Gasteiger partial charge in [-0.3, -0.25) is 9.89 Å². The molecule has 2 fully saturated rings. The molecule has 0 spiro atoms. The van der Waals surface area contributed by atoms with Gasteiger partial charge in [0, 0.05) is 30.7 Å². The Hall–Kier alpha value is -0.580. The number of benzene rings is 1. The van der Waals surface area contributed by atoms with E-state index in [4.69, 9.17) is 11.6 Å². The van der Waals surface area contributed by atoms with Crippen molar-refractivity contribution in [2.75, 3.05) is 38.7 Å². The molecule has 158 valence electrons. The van der Waals surface area contributed by atoms with Gasteiger partial charge in [-0.2, -0.15) is 0 Å². The van der Waals surface area contributed by atoms with Crippen molar-refractivity contribution >= 4 is 51.4 Å². The van der Waals surface area contributed by atoms with Gasteiger partial charge in [0.1, 0.15) is 0 Å². The average molecular weight is 541 g/mol. The van der Waals surface area contributed by atoms with Gasteiger partial charge < -0.3 is 10.6 Å². The molecule has 2 aliphatic rings. The molecule has 0 amide bonds. The van der Waals surface area contributed by atoms with E-state index in [9.17, 15) is 8.42 Å². The van der Waals surface area contributed by atoms with Gasteiger partial charge in [-0.15, -0.1) is 24.0 Å². The van der Waals surface area contributed by atoms with Crippen LogP contribution in [-0.4, -0.2) is 64.0 Å². The Morgan fingerprint density at radius 3 is 2.79 bits per heavy atom. The van der Waals surface area contributed by atoms with Gasteiger partial charge in [0.15, 0.2) is 15.8 Å². The number of aliphatic imine (C=N–C) groups is 1. The summed E-state index contributed by atoms with van der Waals surface area (Å²) >= 11 is 6.22. The minimum atomic E-state index is -2.91. The molecule has 3 unspecified atom stereocenters. The van der Waals surface area contributed by atoms with Gasteiger partial charge in [-0.05, 0) is 56.5 Å². The molecule has 2 heterocycles. The van der Waals surface area contributed by atoms with Gasteiger partial charge in [0.05, 0.1) is 11.5 Å². The van der Waals surface area contributed by atoms with Crippen LogP contribution in [0, 0.1) is 5.92 Å². The fourth-order valence-electron chi connectivity index (χ4n) is 4.22. The van der Waals surface area contributed by atoms with E-state index < -0.39 is 9.84 Å². The Morgan fingerprint density at radius 2 is 2.14 bits per heavy atom. The maximum absolute atomic E-state index is 11.7. The lowest BCUT2D eigenvalue weighted by Gasteiger charge is -2.40. The zero-order chi connectivity index (χ0) is 19.4. The molecule has 2 N–H and O–H groups in total. The molecule has 0 aliphatic carbocycles. The zero-order valence-electron chi connectivity index (χ0n) is 16.4. The van der Waals surface area contributed by atoms with E-state index in [0.29, 0.717) is 24.3 Å². The first-order chi connectivity index (χ1) is 12.9. The van der Waals surface area contributed by atoms with Gasteiger partial charge in [-0.1, -0.05) is 23.7 Å². The van der Waals surface area contributed by atoms with Crippen LogP contribution >= 0.6 is 35.6 Å². The number of guanidine groups is 1. The van der Waals surface area contributed by atoms with E-state index >= 15 is 0 Å². The van der Waals surface area contributed by atoms with Gasteiger partial charge in [0.25, 0.3) is 0 Å². The van der Waals surface area contributed by atoms with Crippen LogP contribution in [0.25, 0.3) is 0 Å². The highest BCUT2D eigenvalue weighted by atomic mass is 127. The second-order valence-corrected chi connectivity index (χ2v) is 10.2. The van der Waals surface area contributed by atoms with E-state index in [1.165, 1.54) is 5.56 Å². The number of piperidine rings is 1. The molecule has 0 bridgehead atoms. The maximum atomic E-state index is 11.7. The SMILES string of the molecule is CN=C(NCC1CCCN(C)C1c1cccc(Cl)c1)NC1CCS(=O)(=O)C1.I. The Labute approximate surface area is 190 Å². The molecule has 1 aromatic carbocycles. The van der Waals surface area contributed by atoms with Crippen molar-refractivity contribution in [2.24, 2.45) is 10.9 Å². The summed E-state index contributed by atoms with van der Waals surface area (Å²) < 4.78 is 23.3. The molecular formula is C19H30ClIN4O2S. The molecule has 3 rings (SSSR count). The van der Waals surface area contributed by atoms with Crippen LogP contribution in [0.15, 0.2) is 29.3 Å². The molecule has 0 aromatic heterocycles. The van der Waals surface area contributed by atoms with Crippen molar-refractivity contribution in [3.63, 3.8) is 0 Å². The van der Waals surface area contributed by atoms with Crippen molar-refractivity contribution in [3.05, 3.63) is 34.9 Å². The van der Waals surface area contributed by atoms with E-state index in [2.05, 4.69) is 39.7 Å². The number of sulfone groups is 1. The fraction of sp³-hybridized carbons (Fsp3) is 0.632. The van der Waals surface area contributed by atoms with Gasteiger partial charge in [-0.25, -0.2) is 8.42 Å². The molecule has 28 heavy (non-hydrogen) atoms. The molecule has 1 aromatic rings. The highest BCUT2D eigenvalue weighted by Gasteiger charge is 2.31. The Balaban J connectivity index is 0.00000280. The minimum Gasteiger partial charge on any atom is -0.356 e. The first kappa shape index (κ1) is 23.7. The lowest BCUT2D eigenvalue weighted by molar-refractivity contribution is 0.122. The maximum Gasteiger partial charge on any atom is 0.191 e. The number of halogens is 2. The van der Waals surface area contributed by atoms with Crippen LogP contribution in [0.5, 0.6) is 0 Å². The third kappa shape index (κ3) is 6.21. The van der Waals surface area contributed by atoms with Crippen LogP contribution in [0.4, 0.5) is 0 Å². The largest absolute Gasteiger partial charge is 0.356 e. The molecule has 2 aliphatic heterocycles. The van der Waals surface area contributed by atoms with E-state index in [1.54, 1.807) is 7.05 Å². The summed E-state index contributed by atoms with van der Waals surface area (Å²) in [6, 6.07) is 8.35. The summed E-state index contributed by atoms with van der Waals surface area (Å²) in [5, 5.41) is 7.44. The summed E-state index contributed by atoms with van der Waals surface area (Å²) in [5.74, 6) is 1.54. The summed E-state index contributed by atoms with van der Waals surface area (Å²) in [4.78, 5) is 6.67. The number of likely N-dealkylation sites (tertiary alicyclic amines) is 1. The minimum absolute atomic E-state index is 0. The predicted octanol–water partition coefficient (Wildman–Crippen LogP) is 2.69. The number of nitrogens with one attached hydrogen (secondary N) is 2. The average Bonchev–Trinajstić information content (AvgIpc) is 2.97. The first-order valence-electron chi connectivity index (χ1n) is 9.51. The summed E-state index contributed by atoms with van der Waals surface area (Å²) in [5.41, 5.74) is 1.24. The lowest BCUT2D eigenvalue weighted by Crippen LogP contribution is -2.47. The number of rotatable bonds is 4. The molecule has 0 saturated carbocycles. The summed E-state index contributed by atoms with van der Waals surface area (Å²) in [7, 11) is 0.978. The van der Waals surface area contributed by atoms with Crippen LogP contribution in [0.3, 0.4) is 0 Å². The standard InChI is InChI=1S/C19H29ClN4O2S.HI/c1-21-19(23-17-8-10-27(25,26)13-17)22-12-15-6-4-9-24(2)18(15)14-5-3-7-16(20)11-14;/h3,5,7,11,15,17-18H,4,6,8-10,12-13H2,1-2H3,(H2,21,22,23);1H. The zero-order valence-corrected chi connectivity index (χ0v) is 20.3. The topological polar surface area (TPSA) is 73.8 Å². The van der Waals surface area contributed by atoms with E-state index in [0.717, 1.165) is 31.0 Å². The first-order valence-corrected chi connectivity index (χ1v) is 11.7. The summed E-state index contributed by atoms with van der Waals surface area (Å²) in [6.07, 6.45) is 2.93. The van der Waals surface area contributed by atoms with E-state index in [1.807, 2.05) is 12.1 Å². The second-order valence-electron chi connectivity index (χ2n) is 7.58. The molecule has 3 atom stereocenters. The van der Waals surface area contributed by atoms with Gasteiger partial charge in [0.2, 0.25) is 0 Å². The van der Waals surface area contributed by atoms with Gasteiger partial charge >= 0.3 is 0 Å². The molecule has 6 nitrogen and oxygen atoms in total. The smallest absolute Gasteiger partial charge is 0.191 e. The molecular weight excluding hydrogens is 511 g/mol. The molecule has 9 heteroatoms. The highest BCUT2D eigenvalue weighted by molar-refractivity contribution is 14.0. The molecule has 0 radical (unpaired) electrons. The van der Waals surface area contributed by atoms with Crippen LogP contribution in [0.2, 0.25) is 5.02 Å². The lowest BCUT2D eigenvalue weighted by atomic mass is 9.85. The Morgan fingerprint density at radius 1 is 1.36 bits per heavy atom. The third-order valence-electron chi connectivity index (χ3n) is 5.53. The predicted molar refractivity (Wildman–Crippen MR) is 127 cm³/mol. The quantitative estimate of drug-likeness (QED) is 0.349. The summed E-state index contributed by atoms with van der Waals surface area (Å²) in [6.45, 7) is 1.85. The second kappa shape index (κ2) is 10.4. The van der Waals surface area contributed by atoms with Crippen molar-refractivity contribution < 1.29 is 8.42 Å². The Kier molecular flexibility index (Phi) is 8.84. The van der Waals surface area contributed by atoms with Crippen molar-refractivity contribution in [1.82, 2.24) is 15.5 Å². The fourth-order valence-corrected chi connectivity index (χ4v) is 6.09.